The molecule has 1 N–H and O–H groups in total. The van der Waals surface area contributed by atoms with Gasteiger partial charge in [0.15, 0.2) is 15.1 Å². The van der Waals surface area contributed by atoms with E-state index in [2.05, 4.69) is 0 Å². The van der Waals surface area contributed by atoms with Crippen LogP contribution in [-0.4, -0.2) is 37.1 Å². The average Bonchev–Trinajstić information content (AvgIpc) is 2.28. The molecule has 1 rings (SSSR count). The molecule has 0 aliphatic heterocycles. The monoisotopic (exact) mass is 286 g/mol. The van der Waals surface area contributed by atoms with E-state index in [0.29, 0.717) is 5.75 Å². The van der Waals surface area contributed by atoms with E-state index in [9.17, 15) is 13.2 Å². The molecule has 0 aliphatic rings. The predicted octanol–water partition coefficient (Wildman–Crippen LogP) is 1.65. The first-order valence-corrected chi connectivity index (χ1v) is 7.72. The fourth-order valence-corrected chi connectivity index (χ4v) is 3.12. The van der Waals surface area contributed by atoms with E-state index in [-0.39, 0.29) is 18.8 Å². The van der Waals surface area contributed by atoms with Crippen molar-refractivity contribution in [1.29, 1.82) is 0 Å². The zero-order valence-electron chi connectivity index (χ0n) is 11.0. The van der Waals surface area contributed by atoms with Crippen molar-refractivity contribution in [2.24, 2.45) is 0 Å². The maximum Gasteiger partial charge on any atom is 0.321 e. The molecule has 1 atom stereocenters. The Morgan fingerprint density at radius 3 is 2.63 bits per heavy atom. The van der Waals surface area contributed by atoms with Crippen LogP contribution in [0.1, 0.15) is 18.9 Å². The molecule has 5 nitrogen and oxygen atoms in total. The summed E-state index contributed by atoms with van der Waals surface area (Å²) in [4.78, 5) is 10.8. The van der Waals surface area contributed by atoms with Crippen LogP contribution in [0.4, 0.5) is 0 Å². The molecule has 0 bridgehead atoms. The van der Waals surface area contributed by atoms with E-state index in [4.69, 9.17) is 9.84 Å². The molecule has 106 valence electrons. The maximum atomic E-state index is 11.8. The van der Waals surface area contributed by atoms with Crippen LogP contribution in [0, 0.1) is 6.92 Å². The zero-order chi connectivity index (χ0) is 14.5. The molecule has 0 fully saturated rings. The number of rotatable bonds is 7. The third-order valence-electron chi connectivity index (χ3n) is 2.71. The number of sulfone groups is 1. The lowest BCUT2D eigenvalue weighted by Crippen LogP contribution is -2.33. The van der Waals surface area contributed by atoms with Gasteiger partial charge in [0.05, 0.1) is 5.75 Å². The first-order chi connectivity index (χ1) is 8.86. The van der Waals surface area contributed by atoms with E-state index in [1.807, 2.05) is 19.1 Å². The number of ether oxygens (including phenoxy) is 1. The number of carbonyl (C=O) groups is 1. The summed E-state index contributed by atoms with van der Waals surface area (Å²) in [5.74, 6) is -1.03. The number of carboxylic acid groups (broad SMARTS) is 1. The number of benzene rings is 1. The van der Waals surface area contributed by atoms with Gasteiger partial charge >= 0.3 is 5.97 Å². The fraction of sp³-hybridized carbons (Fsp3) is 0.462. The van der Waals surface area contributed by atoms with Crippen LogP contribution in [0.5, 0.6) is 5.75 Å². The lowest BCUT2D eigenvalue weighted by atomic mass is 10.2. The lowest BCUT2D eigenvalue weighted by molar-refractivity contribution is -0.136. The second-order valence-corrected chi connectivity index (χ2v) is 6.57. The summed E-state index contributed by atoms with van der Waals surface area (Å²) in [6.45, 7) is 3.40. The molecule has 6 heteroatoms. The van der Waals surface area contributed by atoms with Gasteiger partial charge in [-0.15, -0.1) is 0 Å². The van der Waals surface area contributed by atoms with E-state index in [0.717, 1.165) is 5.56 Å². The molecule has 1 aromatic rings. The molecule has 1 aromatic carbocycles. The van der Waals surface area contributed by atoms with E-state index < -0.39 is 21.1 Å². The third kappa shape index (κ3) is 4.55. The highest BCUT2D eigenvalue weighted by atomic mass is 32.2. The number of aliphatic carboxylic acids is 1. The van der Waals surface area contributed by atoms with Crippen molar-refractivity contribution in [3.05, 3.63) is 29.8 Å². The molecule has 0 radical (unpaired) electrons. The normalized spacial score (nSPS) is 12.9. The predicted molar refractivity (Wildman–Crippen MR) is 72.2 cm³/mol. The first kappa shape index (κ1) is 15.5. The SMILES string of the molecule is CCC(C(=O)O)S(=O)(=O)CCOc1cccc(C)c1. The van der Waals surface area contributed by atoms with Crippen LogP contribution < -0.4 is 4.74 Å². The molecule has 0 amide bonds. The van der Waals surface area contributed by atoms with E-state index >= 15 is 0 Å². The minimum atomic E-state index is -3.68. The van der Waals surface area contributed by atoms with Crippen molar-refractivity contribution >= 4 is 15.8 Å². The number of hydrogen-bond acceptors (Lipinski definition) is 4. The van der Waals surface area contributed by atoms with Crippen molar-refractivity contribution in [2.45, 2.75) is 25.5 Å². The molecule has 0 saturated heterocycles. The van der Waals surface area contributed by atoms with Crippen molar-refractivity contribution in [3.63, 3.8) is 0 Å². The van der Waals surface area contributed by atoms with Crippen LogP contribution >= 0.6 is 0 Å². The summed E-state index contributed by atoms with van der Waals surface area (Å²) in [5.41, 5.74) is 1.01. The van der Waals surface area contributed by atoms with Gasteiger partial charge in [-0.2, -0.15) is 0 Å². The summed E-state index contributed by atoms with van der Waals surface area (Å²) in [6.07, 6.45) is 0.0577. The Morgan fingerprint density at radius 1 is 1.42 bits per heavy atom. The van der Waals surface area contributed by atoms with E-state index in [1.54, 1.807) is 12.1 Å². The average molecular weight is 286 g/mol. The molecule has 0 heterocycles. The standard InChI is InChI=1S/C13H18O5S/c1-3-12(13(14)15)19(16,17)8-7-18-11-6-4-5-10(2)9-11/h4-6,9,12H,3,7-8H2,1-2H3,(H,14,15). The Labute approximate surface area is 113 Å². The van der Waals surface area contributed by atoms with Crippen LogP contribution in [-0.2, 0) is 14.6 Å². The molecular weight excluding hydrogens is 268 g/mol. The van der Waals surface area contributed by atoms with Gasteiger partial charge in [0, 0.05) is 0 Å². The van der Waals surface area contributed by atoms with Crippen molar-refractivity contribution in [1.82, 2.24) is 0 Å². The second-order valence-electron chi connectivity index (χ2n) is 4.27. The van der Waals surface area contributed by atoms with Gasteiger partial charge in [-0.1, -0.05) is 19.1 Å². The Balaban J connectivity index is 2.59. The minimum Gasteiger partial charge on any atom is -0.493 e. The number of aryl methyl sites for hydroxylation is 1. The van der Waals surface area contributed by atoms with Gasteiger partial charge in [0.2, 0.25) is 0 Å². The first-order valence-electron chi connectivity index (χ1n) is 6.00. The Kier molecular flexibility index (Phi) is 5.35. The van der Waals surface area contributed by atoms with Crippen molar-refractivity contribution in [2.75, 3.05) is 12.4 Å². The summed E-state index contributed by atoms with van der Waals surface area (Å²) < 4.78 is 28.9. The van der Waals surface area contributed by atoms with Gasteiger partial charge in [-0.25, -0.2) is 8.42 Å². The third-order valence-corrected chi connectivity index (χ3v) is 4.84. The van der Waals surface area contributed by atoms with Gasteiger partial charge in [-0.3, -0.25) is 4.79 Å². The highest BCUT2D eigenvalue weighted by Gasteiger charge is 2.30. The molecule has 0 aliphatic carbocycles. The molecule has 19 heavy (non-hydrogen) atoms. The van der Waals surface area contributed by atoms with E-state index in [1.165, 1.54) is 6.92 Å². The fourth-order valence-electron chi connectivity index (χ4n) is 1.71. The highest BCUT2D eigenvalue weighted by molar-refractivity contribution is 7.92. The lowest BCUT2D eigenvalue weighted by Gasteiger charge is -2.12. The second kappa shape index (κ2) is 6.56. The van der Waals surface area contributed by atoms with Crippen LogP contribution in [0.25, 0.3) is 0 Å². The summed E-state index contributed by atoms with van der Waals surface area (Å²) in [7, 11) is -3.68. The topological polar surface area (TPSA) is 80.7 Å². The van der Waals surface area contributed by atoms with Crippen molar-refractivity contribution < 1.29 is 23.1 Å². The molecule has 0 aromatic heterocycles. The Bertz CT molecular complexity index is 536. The summed E-state index contributed by atoms with van der Waals surface area (Å²) in [5, 5.41) is 7.49. The highest BCUT2D eigenvalue weighted by Crippen LogP contribution is 2.13. The van der Waals surface area contributed by atoms with Gasteiger partial charge in [-0.05, 0) is 31.0 Å². The van der Waals surface area contributed by atoms with Crippen molar-refractivity contribution in [3.8, 4) is 5.75 Å². The van der Waals surface area contributed by atoms with Crippen LogP contribution in [0.2, 0.25) is 0 Å². The Hall–Kier alpha value is -1.56. The van der Waals surface area contributed by atoms with Gasteiger partial charge < -0.3 is 9.84 Å². The molecule has 1 unspecified atom stereocenters. The minimum absolute atomic E-state index is 0.0461. The molecule has 0 saturated carbocycles. The molecular formula is C13H18O5S. The Morgan fingerprint density at radius 2 is 2.11 bits per heavy atom. The zero-order valence-corrected chi connectivity index (χ0v) is 11.8. The van der Waals surface area contributed by atoms with Gasteiger partial charge in [0.1, 0.15) is 12.4 Å². The largest absolute Gasteiger partial charge is 0.493 e. The smallest absolute Gasteiger partial charge is 0.321 e. The number of carboxylic acids is 1. The van der Waals surface area contributed by atoms with Crippen LogP contribution in [0.15, 0.2) is 24.3 Å². The number of hydrogen-bond donors (Lipinski definition) is 1. The maximum absolute atomic E-state index is 11.8. The summed E-state index contributed by atoms with van der Waals surface area (Å²) in [6, 6.07) is 7.24. The van der Waals surface area contributed by atoms with Gasteiger partial charge in [0.25, 0.3) is 0 Å². The quantitative estimate of drug-likeness (QED) is 0.824. The summed E-state index contributed by atoms with van der Waals surface area (Å²) >= 11 is 0. The molecule has 0 spiro atoms. The van der Waals surface area contributed by atoms with Crippen LogP contribution in [0.3, 0.4) is 0 Å².